The van der Waals surface area contributed by atoms with Gasteiger partial charge in [-0.25, -0.2) is 9.97 Å². The average molecular weight is 422 g/mol. The van der Waals surface area contributed by atoms with Gasteiger partial charge in [-0.15, -0.1) is 0 Å². The molecule has 0 unspecified atom stereocenters. The zero-order valence-electron chi connectivity index (χ0n) is 18.1. The minimum atomic E-state index is 0.726. The molecular weight excluding hydrogens is 394 g/mol. The quantitative estimate of drug-likeness (QED) is 0.413. The maximum Gasteiger partial charge on any atom is 0.221 e. The number of rotatable bonds is 6. The minimum Gasteiger partial charge on any atom is -0.298 e. The van der Waals surface area contributed by atoms with Gasteiger partial charge >= 0.3 is 0 Å². The molecule has 1 aliphatic carbocycles. The molecule has 1 aliphatic rings. The van der Waals surface area contributed by atoms with Crippen LogP contribution in [-0.2, 0) is 6.54 Å². The Hall–Kier alpha value is -2.37. The third-order valence-electron chi connectivity index (χ3n) is 6.23. The molecular formula is C24H28ClN5. The summed E-state index contributed by atoms with van der Waals surface area (Å²) in [6, 6.07) is 8.31. The summed E-state index contributed by atoms with van der Waals surface area (Å²) in [5, 5.41) is 0.726. The average Bonchev–Trinajstić information content (AvgIpc) is 3.40. The smallest absolute Gasteiger partial charge is 0.221 e. The lowest BCUT2D eigenvalue weighted by molar-refractivity contribution is 0.264. The van der Waals surface area contributed by atoms with E-state index in [9.17, 15) is 0 Å². The van der Waals surface area contributed by atoms with Gasteiger partial charge in [0, 0.05) is 19.3 Å². The van der Waals surface area contributed by atoms with E-state index in [1.54, 1.807) is 0 Å². The first-order valence-electron chi connectivity index (χ1n) is 10.8. The van der Waals surface area contributed by atoms with E-state index in [2.05, 4.69) is 53.7 Å². The third kappa shape index (κ3) is 3.21. The number of aromatic nitrogens is 4. The van der Waals surface area contributed by atoms with Crippen LogP contribution >= 0.6 is 11.6 Å². The van der Waals surface area contributed by atoms with Gasteiger partial charge in [-0.3, -0.25) is 13.9 Å². The number of fused-ring (bicyclic) bond motifs is 3. The van der Waals surface area contributed by atoms with E-state index in [1.165, 1.54) is 25.1 Å². The predicted octanol–water partition coefficient (Wildman–Crippen LogP) is 5.48. The van der Waals surface area contributed by atoms with Gasteiger partial charge in [-0.05, 0) is 75.4 Å². The molecule has 1 fully saturated rings. The number of aryl methyl sites for hydroxylation is 3. The third-order valence-corrected chi connectivity index (χ3v) is 6.52. The highest BCUT2D eigenvalue weighted by Crippen LogP contribution is 2.34. The summed E-state index contributed by atoms with van der Waals surface area (Å²) in [5.74, 6) is 1.75. The topological polar surface area (TPSA) is 38.4 Å². The first-order chi connectivity index (χ1) is 14.5. The molecule has 0 spiro atoms. The van der Waals surface area contributed by atoms with Gasteiger partial charge in [0.05, 0.1) is 27.6 Å². The molecule has 0 aliphatic heterocycles. The summed E-state index contributed by atoms with van der Waals surface area (Å²) in [7, 11) is 0. The molecule has 3 aromatic heterocycles. The van der Waals surface area contributed by atoms with Crippen molar-refractivity contribution in [3.05, 3.63) is 58.0 Å². The fourth-order valence-corrected chi connectivity index (χ4v) is 4.95. The van der Waals surface area contributed by atoms with Crippen molar-refractivity contribution in [1.29, 1.82) is 0 Å². The van der Waals surface area contributed by atoms with E-state index in [0.717, 1.165) is 63.5 Å². The summed E-state index contributed by atoms with van der Waals surface area (Å²) in [6.07, 6.45) is 4.57. The summed E-state index contributed by atoms with van der Waals surface area (Å²) < 4.78 is 4.41. The molecule has 5 nitrogen and oxygen atoms in total. The van der Waals surface area contributed by atoms with Crippen LogP contribution in [0.4, 0.5) is 0 Å². The fraction of sp³-hybridized carbons (Fsp3) is 0.417. The molecule has 0 amide bonds. The van der Waals surface area contributed by atoms with E-state index in [0.29, 0.717) is 0 Å². The second kappa shape index (κ2) is 7.40. The van der Waals surface area contributed by atoms with Crippen molar-refractivity contribution >= 4 is 28.5 Å². The highest BCUT2D eigenvalue weighted by Gasteiger charge is 2.26. The molecule has 0 saturated heterocycles. The number of hydrogen-bond donors (Lipinski definition) is 0. The molecule has 5 rings (SSSR count). The number of pyridine rings is 1. The summed E-state index contributed by atoms with van der Waals surface area (Å²) >= 11 is 6.75. The largest absolute Gasteiger partial charge is 0.298 e. The first kappa shape index (κ1) is 19.6. The molecule has 6 heteroatoms. The van der Waals surface area contributed by atoms with Gasteiger partial charge in [-0.1, -0.05) is 24.6 Å². The first-order valence-corrected chi connectivity index (χ1v) is 11.2. The standard InChI is InChI=1S/C24H28ClN5/c1-5-28(13-18-8-9-18)14-21-17(4)27-24-29(21)20-7-6-10-26-23(20)30(24)22-16(3)11-15(2)12-19(22)25/h6-7,10-12,18H,5,8-9,13-14H2,1-4H3. The molecule has 1 aromatic carbocycles. The lowest BCUT2D eigenvalue weighted by Crippen LogP contribution is -2.26. The molecule has 0 radical (unpaired) electrons. The van der Waals surface area contributed by atoms with Crippen LogP contribution in [0.2, 0.25) is 5.02 Å². The number of imidazole rings is 2. The Morgan fingerprint density at radius 3 is 2.70 bits per heavy atom. The Bertz CT molecular complexity index is 1220. The second-order valence-electron chi connectivity index (χ2n) is 8.64. The minimum absolute atomic E-state index is 0.726. The molecule has 30 heavy (non-hydrogen) atoms. The second-order valence-corrected chi connectivity index (χ2v) is 9.05. The molecule has 0 bridgehead atoms. The Morgan fingerprint density at radius 1 is 1.20 bits per heavy atom. The van der Waals surface area contributed by atoms with E-state index in [-0.39, 0.29) is 0 Å². The zero-order valence-corrected chi connectivity index (χ0v) is 18.9. The molecule has 156 valence electrons. The van der Waals surface area contributed by atoms with Crippen LogP contribution in [0.25, 0.3) is 22.6 Å². The van der Waals surface area contributed by atoms with Crippen LogP contribution < -0.4 is 0 Å². The highest BCUT2D eigenvalue weighted by molar-refractivity contribution is 6.32. The fourth-order valence-electron chi connectivity index (χ4n) is 4.55. The van der Waals surface area contributed by atoms with Crippen LogP contribution in [-0.4, -0.2) is 36.9 Å². The molecule has 4 aromatic rings. The van der Waals surface area contributed by atoms with Gasteiger partial charge in [0.15, 0.2) is 5.65 Å². The van der Waals surface area contributed by atoms with Crippen LogP contribution in [0.5, 0.6) is 0 Å². The van der Waals surface area contributed by atoms with Crippen molar-refractivity contribution in [2.75, 3.05) is 13.1 Å². The van der Waals surface area contributed by atoms with Gasteiger partial charge in [0.2, 0.25) is 5.78 Å². The summed E-state index contributed by atoms with van der Waals surface area (Å²) in [6.45, 7) is 11.6. The van der Waals surface area contributed by atoms with Gasteiger partial charge in [0.25, 0.3) is 0 Å². The number of benzene rings is 1. The molecule has 1 saturated carbocycles. The summed E-state index contributed by atoms with van der Waals surface area (Å²) in [5.41, 5.74) is 7.51. The maximum atomic E-state index is 6.75. The SMILES string of the molecule is CCN(Cc1c(C)nc2n(-c3c(C)cc(C)cc3Cl)c3ncccc3n12)CC1CC1. The van der Waals surface area contributed by atoms with Crippen molar-refractivity contribution in [2.24, 2.45) is 5.92 Å². The van der Waals surface area contributed by atoms with Crippen molar-refractivity contribution < 1.29 is 0 Å². The predicted molar refractivity (Wildman–Crippen MR) is 123 cm³/mol. The van der Waals surface area contributed by atoms with Gasteiger partial charge < -0.3 is 0 Å². The van der Waals surface area contributed by atoms with Crippen molar-refractivity contribution in [2.45, 2.75) is 47.1 Å². The Morgan fingerprint density at radius 2 is 2.00 bits per heavy atom. The number of halogens is 1. The molecule has 0 atom stereocenters. The lowest BCUT2D eigenvalue weighted by Gasteiger charge is -2.20. The van der Waals surface area contributed by atoms with Crippen molar-refractivity contribution in [1.82, 2.24) is 23.8 Å². The maximum absolute atomic E-state index is 6.75. The number of hydrogen-bond acceptors (Lipinski definition) is 3. The van der Waals surface area contributed by atoms with Crippen molar-refractivity contribution in [3.63, 3.8) is 0 Å². The Labute approximate surface area is 182 Å². The number of nitrogens with zero attached hydrogens (tertiary/aromatic N) is 5. The highest BCUT2D eigenvalue weighted by atomic mass is 35.5. The van der Waals surface area contributed by atoms with E-state index in [4.69, 9.17) is 21.6 Å². The Kier molecular flexibility index (Phi) is 4.83. The van der Waals surface area contributed by atoms with E-state index in [1.807, 2.05) is 18.3 Å². The Balaban J connectivity index is 1.75. The van der Waals surface area contributed by atoms with E-state index < -0.39 is 0 Å². The van der Waals surface area contributed by atoms with Gasteiger partial charge in [0.1, 0.15) is 0 Å². The van der Waals surface area contributed by atoms with Crippen LogP contribution in [0.3, 0.4) is 0 Å². The van der Waals surface area contributed by atoms with Crippen LogP contribution in [0, 0.1) is 26.7 Å². The van der Waals surface area contributed by atoms with Crippen LogP contribution in [0.15, 0.2) is 30.5 Å². The zero-order chi connectivity index (χ0) is 21.0. The van der Waals surface area contributed by atoms with Gasteiger partial charge in [-0.2, -0.15) is 0 Å². The monoisotopic (exact) mass is 421 g/mol. The molecule has 3 heterocycles. The summed E-state index contributed by atoms with van der Waals surface area (Å²) in [4.78, 5) is 12.3. The van der Waals surface area contributed by atoms with E-state index >= 15 is 0 Å². The van der Waals surface area contributed by atoms with Crippen molar-refractivity contribution in [3.8, 4) is 5.69 Å². The normalized spacial score (nSPS) is 14.5. The van der Waals surface area contributed by atoms with Crippen LogP contribution in [0.1, 0.15) is 42.3 Å². The lowest BCUT2D eigenvalue weighted by atomic mass is 10.1. The molecule has 0 N–H and O–H groups in total.